The van der Waals surface area contributed by atoms with Gasteiger partial charge in [0.15, 0.2) is 5.82 Å². The molecular weight excluding hydrogens is 369 g/mol. The van der Waals surface area contributed by atoms with Crippen molar-refractivity contribution < 1.29 is 9.18 Å². The van der Waals surface area contributed by atoms with E-state index in [1.807, 2.05) is 12.1 Å². The van der Waals surface area contributed by atoms with Gasteiger partial charge in [0, 0.05) is 21.8 Å². The Hall–Kier alpha value is -3.19. The minimum atomic E-state index is -0.617. The number of benzene rings is 2. The van der Waals surface area contributed by atoms with Gasteiger partial charge in [0.05, 0.1) is 5.57 Å². The zero-order chi connectivity index (χ0) is 19.1. The standard InChI is InChI=1S/C19H15ClFN5O/c1-10-15(17(22)27)16(13-4-2-3-5-14(13)20)26-19(23-10)24-18(25-26)11-6-8-12(21)9-7-11/h2-9,16H,1H3,(H2,22,27)(H,23,24,25)/t16-/m1/s1. The molecule has 1 aliphatic heterocycles. The summed E-state index contributed by atoms with van der Waals surface area (Å²) in [5.41, 5.74) is 7.91. The lowest BCUT2D eigenvalue weighted by molar-refractivity contribution is -0.115. The van der Waals surface area contributed by atoms with Crippen LogP contribution in [0.1, 0.15) is 18.5 Å². The van der Waals surface area contributed by atoms with Crippen LogP contribution in [0.5, 0.6) is 0 Å². The monoisotopic (exact) mass is 383 g/mol. The van der Waals surface area contributed by atoms with E-state index >= 15 is 0 Å². The van der Waals surface area contributed by atoms with Crippen LogP contribution in [0.15, 0.2) is 59.8 Å². The molecule has 0 saturated carbocycles. The maximum atomic E-state index is 13.2. The highest BCUT2D eigenvalue weighted by atomic mass is 35.5. The molecule has 0 unspecified atom stereocenters. The summed E-state index contributed by atoms with van der Waals surface area (Å²) < 4.78 is 14.8. The van der Waals surface area contributed by atoms with Crippen molar-refractivity contribution in [3.05, 3.63) is 76.2 Å². The Balaban J connectivity index is 1.90. The third kappa shape index (κ3) is 2.96. The van der Waals surface area contributed by atoms with E-state index in [1.165, 1.54) is 12.1 Å². The van der Waals surface area contributed by atoms with Gasteiger partial charge in [-0.2, -0.15) is 4.98 Å². The Kier molecular flexibility index (Phi) is 4.16. The first-order valence-electron chi connectivity index (χ1n) is 8.20. The van der Waals surface area contributed by atoms with Gasteiger partial charge in [0.25, 0.3) is 0 Å². The lowest BCUT2D eigenvalue weighted by Crippen LogP contribution is -2.32. The van der Waals surface area contributed by atoms with Gasteiger partial charge in [-0.3, -0.25) is 4.79 Å². The van der Waals surface area contributed by atoms with Crippen LogP contribution in [0, 0.1) is 5.82 Å². The van der Waals surface area contributed by atoms with E-state index < -0.39 is 11.9 Å². The van der Waals surface area contributed by atoms with Crippen LogP contribution in [0.3, 0.4) is 0 Å². The van der Waals surface area contributed by atoms with Gasteiger partial charge in [-0.25, -0.2) is 9.07 Å². The number of nitrogens with one attached hydrogen (secondary N) is 1. The summed E-state index contributed by atoms with van der Waals surface area (Å²) in [6, 6.07) is 12.4. The highest BCUT2D eigenvalue weighted by molar-refractivity contribution is 6.31. The number of allylic oxidation sites excluding steroid dienone is 1. The number of fused-ring (bicyclic) bond motifs is 1. The molecule has 3 N–H and O–H groups in total. The molecule has 136 valence electrons. The molecule has 1 amide bonds. The average molecular weight is 384 g/mol. The second kappa shape index (κ2) is 6.51. The summed E-state index contributed by atoms with van der Waals surface area (Å²) in [6.45, 7) is 1.75. The average Bonchev–Trinajstić information content (AvgIpc) is 3.05. The van der Waals surface area contributed by atoms with Gasteiger partial charge in [-0.1, -0.05) is 29.8 Å². The minimum Gasteiger partial charge on any atom is -0.366 e. The van der Waals surface area contributed by atoms with Crippen molar-refractivity contribution in [3.8, 4) is 11.4 Å². The number of anilines is 1. The molecule has 0 fully saturated rings. The van der Waals surface area contributed by atoms with Crippen molar-refractivity contribution in [1.82, 2.24) is 14.8 Å². The molecule has 0 aliphatic carbocycles. The predicted molar refractivity (Wildman–Crippen MR) is 101 cm³/mol. The Bertz CT molecular complexity index is 1070. The molecule has 3 aromatic rings. The first kappa shape index (κ1) is 17.2. The number of nitrogens with two attached hydrogens (primary N) is 1. The molecule has 1 aliphatic rings. The van der Waals surface area contributed by atoms with E-state index in [0.717, 1.165) is 0 Å². The van der Waals surface area contributed by atoms with Gasteiger partial charge in [-0.05, 0) is 37.3 Å². The molecule has 2 aromatic carbocycles. The second-order valence-corrected chi connectivity index (χ2v) is 6.57. The number of primary amides is 1. The molecule has 1 atom stereocenters. The number of aromatic nitrogens is 3. The van der Waals surface area contributed by atoms with Crippen LogP contribution in [0.2, 0.25) is 5.02 Å². The fraction of sp³-hybridized carbons (Fsp3) is 0.105. The van der Waals surface area contributed by atoms with E-state index in [2.05, 4.69) is 15.4 Å². The summed E-state index contributed by atoms with van der Waals surface area (Å²) in [7, 11) is 0. The fourth-order valence-electron chi connectivity index (χ4n) is 3.18. The first-order valence-corrected chi connectivity index (χ1v) is 8.58. The van der Waals surface area contributed by atoms with Crippen LogP contribution in [0.4, 0.5) is 10.3 Å². The summed E-state index contributed by atoms with van der Waals surface area (Å²) in [5.74, 6) is -0.0764. The van der Waals surface area contributed by atoms with Crippen LogP contribution in [-0.4, -0.2) is 20.7 Å². The molecule has 2 heterocycles. The number of hydrogen-bond donors (Lipinski definition) is 2. The quantitative estimate of drug-likeness (QED) is 0.724. The van der Waals surface area contributed by atoms with E-state index in [-0.39, 0.29) is 5.82 Å². The minimum absolute atomic E-state index is 0.344. The Morgan fingerprint density at radius 3 is 2.59 bits per heavy atom. The van der Waals surface area contributed by atoms with Gasteiger partial charge < -0.3 is 11.1 Å². The predicted octanol–water partition coefficient (Wildman–Crippen LogP) is 3.51. The molecule has 27 heavy (non-hydrogen) atoms. The smallest absolute Gasteiger partial charge is 0.248 e. The number of halogens is 2. The van der Waals surface area contributed by atoms with Crippen molar-refractivity contribution in [2.45, 2.75) is 13.0 Å². The first-order chi connectivity index (χ1) is 13.0. The van der Waals surface area contributed by atoms with Crippen LogP contribution < -0.4 is 11.1 Å². The molecule has 1 aromatic heterocycles. The highest BCUT2D eigenvalue weighted by Crippen LogP contribution is 2.38. The maximum absolute atomic E-state index is 13.2. The lowest BCUT2D eigenvalue weighted by atomic mass is 9.95. The van der Waals surface area contributed by atoms with Crippen molar-refractivity contribution in [3.63, 3.8) is 0 Å². The number of amides is 1. The zero-order valence-corrected chi connectivity index (χ0v) is 15.0. The molecular formula is C19H15ClFN5O. The topological polar surface area (TPSA) is 85.8 Å². The van der Waals surface area contributed by atoms with Crippen LogP contribution >= 0.6 is 11.6 Å². The lowest BCUT2D eigenvalue weighted by Gasteiger charge is -2.28. The summed E-state index contributed by atoms with van der Waals surface area (Å²) in [5, 5.41) is 8.09. The SMILES string of the molecule is CC1=C(C(N)=O)[C@@H](c2ccccc2Cl)n2nc(-c3ccc(F)cc3)nc2N1. The highest BCUT2D eigenvalue weighted by Gasteiger charge is 2.34. The van der Waals surface area contributed by atoms with Crippen molar-refractivity contribution in [2.75, 3.05) is 5.32 Å². The molecule has 0 bridgehead atoms. The van der Waals surface area contributed by atoms with Crippen LogP contribution in [-0.2, 0) is 4.79 Å². The van der Waals surface area contributed by atoms with Gasteiger partial charge >= 0.3 is 0 Å². The van der Waals surface area contributed by atoms with Gasteiger partial charge in [0.2, 0.25) is 11.9 Å². The Morgan fingerprint density at radius 1 is 1.22 bits per heavy atom. The van der Waals surface area contributed by atoms with E-state index in [0.29, 0.717) is 39.2 Å². The molecule has 8 heteroatoms. The summed E-state index contributed by atoms with van der Waals surface area (Å²) in [6.07, 6.45) is 0. The van der Waals surface area contributed by atoms with Crippen molar-refractivity contribution in [1.29, 1.82) is 0 Å². The largest absolute Gasteiger partial charge is 0.366 e. The number of rotatable bonds is 3. The number of hydrogen-bond acceptors (Lipinski definition) is 4. The van der Waals surface area contributed by atoms with Crippen molar-refractivity contribution in [2.24, 2.45) is 5.73 Å². The summed E-state index contributed by atoms with van der Waals surface area (Å²) >= 11 is 6.38. The van der Waals surface area contributed by atoms with E-state index in [1.54, 1.807) is 35.9 Å². The van der Waals surface area contributed by atoms with Crippen LogP contribution in [0.25, 0.3) is 11.4 Å². The third-order valence-electron chi connectivity index (χ3n) is 4.42. The number of carbonyl (C=O) groups is 1. The fourth-order valence-corrected chi connectivity index (χ4v) is 3.41. The van der Waals surface area contributed by atoms with Gasteiger partial charge in [0.1, 0.15) is 11.9 Å². The molecule has 0 saturated heterocycles. The van der Waals surface area contributed by atoms with E-state index in [4.69, 9.17) is 17.3 Å². The maximum Gasteiger partial charge on any atom is 0.248 e. The molecule has 0 radical (unpaired) electrons. The normalized spacial score (nSPS) is 16.0. The zero-order valence-electron chi connectivity index (χ0n) is 14.3. The number of nitrogens with zero attached hydrogens (tertiary/aromatic N) is 3. The third-order valence-corrected chi connectivity index (χ3v) is 4.76. The molecule has 6 nitrogen and oxygen atoms in total. The Morgan fingerprint density at radius 2 is 1.93 bits per heavy atom. The van der Waals surface area contributed by atoms with E-state index in [9.17, 15) is 9.18 Å². The van der Waals surface area contributed by atoms with Gasteiger partial charge in [-0.15, -0.1) is 5.10 Å². The Labute approximate surface area is 159 Å². The second-order valence-electron chi connectivity index (χ2n) is 6.16. The van der Waals surface area contributed by atoms with Crippen molar-refractivity contribution >= 4 is 23.5 Å². The molecule has 4 rings (SSSR count). The summed E-state index contributed by atoms with van der Waals surface area (Å²) in [4.78, 5) is 16.7. The molecule has 0 spiro atoms. The number of carbonyl (C=O) groups excluding carboxylic acids is 1.